The summed E-state index contributed by atoms with van der Waals surface area (Å²) in [6.07, 6.45) is 0. The van der Waals surface area contributed by atoms with Crippen LogP contribution in [0.2, 0.25) is 0 Å². The van der Waals surface area contributed by atoms with Gasteiger partial charge in [0.2, 0.25) is 0 Å². The van der Waals surface area contributed by atoms with Crippen molar-refractivity contribution in [2.75, 3.05) is 14.2 Å². The largest absolute Gasteiger partial charge is 0.493 e. The number of nitrogens with zero attached hydrogens (tertiary/aromatic N) is 2. The Kier molecular flexibility index (Phi) is 11.9. The summed E-state index contributed by atoms with van der Waals surface area (Å²) in [5, 5.41) is 6.99. The molecular weight excluding hydrogens is 765 g/mol. The quantitative estimate of drug-likeness (QED) is 0.0904. The fraction of sp³-hybridized carbons (Fsp3) is 0.188. The van der Waals surface area contributed by atoms with Gasteiger partial charge in [0.15, 0.2) is 23.0 Å². The first-order valence-corrected chi connectivity index (χ1v) is 20.3. The van der Waals surface area contributed by atoms with Gasteiger partial charge in [-0.3, -0.25) is 8.57 Å². The number of hydrogen-bond acceptors (Lipinski definition) is 16. The summed E-state index contributed by atoms with van der Waals surface area (Å²) in [5.41, 5.74) is 1.23. The number of aryl methyl sites for hydroxylation is 2. The smallest absolute Gasteiger partial charge is 0.358 e. The minimum absolute atomic E-state index is 0.131. The molecule has 0 radical (unpaired) electrons. The number of hydrogen-bond donors (Lipinski definition) is 0. The molecule has 0 fully saturated rings. The van der Waals surface area contributed by atoms with E-state index in [1.54, 1.807) is 38.1 Å². The highest BCUT2D eigenvalue weighted by molar-refractivity contribution is 7.87. The third kappa shape index (κ3) is 9.57. The maximum absolute atomic E-state index is 12.9. The van der Waals surface area contributed by atoms with Crippen LogP contribution < -0.4 is 17.8 Å². The Hall–Kier alpha value is -5.18. The average molecular weight is 797 g/mol. The molecule has 0 spiro atoms. The molecular formula is C32H32N2O14S4. The van der Waals surface area contributed by atoms with E-state index in [9.17, 15) is 33.7 Å². The summed E-state index contributed by atoms with van der Waals surface area (Å²) in [6.45, 7) is 6.06. The molecule has 0 saturated carbocycles. The molecule has 0 bridgehead atoms. The standard InChI is InChI=1S/C32H32N2O14S4/c1-21-7-11-25(12-8-21)49(35,36)45-29-17-15-27(19-31(29)43-5)51(39,40)47-33-23(3)24(4)34-48-52(41,42)28-16-18-30(32(20-28)44-6)46-50(37,38)26-13-9-22(2)10-14-26/h7-20H,1-6H3/b33-23-,34-24-. The fourth-order valence-corrected chi connectivity index (χ4v) is 7.36. The summed E-state index contributed by atoms with van der Waals surface area (Å²) < 4.78 is 132. The predicted molar refractivity (Wildman–Crippen MR) is 187 cm³/mol. The molecule has 0 saturated heterocycles. The van der Waals surface area contributed by atoms with Crippen molar-refractivity contribution in [3.05, 3.63) is 96.1 Å². The van der Waals surface area contributed by atoms with Gasteiger partial charge in [-0.25, -0.2) is 0 Å². The number of oxime groups is 2. The van der Waals surface area contributed by atoms with Crippen LogP contribution in [0, 0.1) is 13.8 Å². The first-order valence-electron chi connectivity index (χ1n) is 14.6. The van der Waals surface area contributed by atoms with E-state index < -0.39 is 50.3 Å². The van der Waals surface area contributed by atoms with Gasteiger partial charge in [0, 0.05) is 12.1 Å². The number of methoxy groups -OCH3 is 2. The van der Waals surface area contributed by atoms with Crippen molar-refractivity contribution in [1.82, 2.24) is 0 Å². The van der Waals surface area contributed by atoms with Gasteiger partial charge in [-0.05, 0) is 76.2 Å². The minimum Gasteiger partial charge on any atom is -0.493 e. The zero-order valence-corrected chi connectivity index (χ0v) is 31.6. The Labute approximate surface area is 301 Å². The topological polar surface area (TPSA) is 217 Å². The van der Waals surface area contributed by atoms with Crippen molar-refractivity contribution in [3.8, 4) is 23.0 Å². The van der Waals surface area contributed by atoms with E-state index in [1.165, 1.54) is 52.3 Å². The molecule has 4 aromatic carbocycles. The number of ether oxygens (including phenoxy) is 2. The van der Waals surface area contributed by atoms with Crippen LogP contribution in [-0.2, 0) is 49.0 Å². The molecule has 0 atom stereocenters. The van der Waals surface area contributed by atoms with Crippen LogP contribution in [0.5, 0.6) is 23.0 Å². The highest BCUT2D eigenvalue weighted by atomic mass is 32.2. The molecule has 4 aromatic rings. The monoisotopic (exact) mass is 796 g/mol. The van der Waals surface area contributed by atoms with E-state index in [1.807, 2.05) is 0 Å². The number of benzene rings is 4. The van der Waals surface area contributed by atoms with Gasteiger partial charge >= 0.3 is 40.5 Å². The molecule has 16 nitrogen and oxygen atoms in total. The second-order valence-electron chi connectivity index (χ2n) is 10.7. The Balaban J connectivity index is 1.46. The van der Waals surface area contributed by atoms with Crippen molar-refractivity contribution < 1.29 is 60.1 Å². The highest BCUT2D eigenvalue weighted by Crippen LogP contribution is 2.34. The molecule has 4 rings (SSSR count). The fourth-order valence-electron chi connectivity index (χ4n) is 3.92. The van der Waals surface area contributed by atoms with Crippen LogP contribution >= 0.6 is 0 Å². The molecule has 0 N–H and O–H groups in total. The first kappa shape index (κ1) is 39.6. The normalized spacial score (nSPS) is 12.9. The SMILES string of the molecule is COc1cc(S(=O)(=O)O/N=C(C)\C(C)=N/OS(=O)(=O)c2ccc(OS(=O)(=O)c3ccc(C)cc3)c(OC)c2)ccc1OS(=O)(=O)c1ccc(C)cc1. The third-order valence-corrected chi connectivity index (χ3v) is 11.6. The molecule has 0 aromatic heterocycles. The lowest BCUT2D eigenvalue weighted by atomic mass is 10.2. The predicted octanol–water partition coefficient (Wildman–Crippen LogP) is 4.72. The molecule has 0 aliphatic carbocycles. The maximum Gasteiger partial charge on any atom is 0.358 e. The van der Waals surface area contributed by atoms with E-state index in [2.05, 4.69) is 10.3 Å². The lowest BCUT2D eigenvalue weighted by molar-refractivity contribution is 0.333. The Morgan fingerprint density at radius 3 is 1.06 bits per heavy atom. The molecule has 20 heteroatoms. The van der Waals surface area contributed by atoms with Crippen LogP contribution in [0.3, 0.4) is 0 Å². The maximum atomic E-state index is 12.9. The van der Waals surface area contributed by atoms with E-state index in [0.717, 1.165) is 47.5 Å². The molecule has 52 heavy (non-hydrogen) atoms. The van der Waals surface area contributed by atoms with Crippen molar-refractivity contribution >= 4 is 51.9 Å². The summed E-state index contributed by atoms with van der Waals surface area (Å²) in [6, 6.07) is 17.8. The Morgan fingerprint density at radius 1 is 0.442 bits per heavy atom. The Bertz CT molecular complexity index is 2290. The highest BCUT2D eigenvalue weighted by Gasteiger charge is 2.25. The molecule has 0 aliphatic heterocycles. The van der Waals surface area contributed by atoms with E-state index in [4.69, 9.17) is 26.4 Å². The first-order chi connectivity index (χ1) is 24.3. The zero-order valence-electron chi connectivity index (χ0n) is 28.3. The van der Waals surface area contributed by atoms with Crippen LogP contribution in [-0.4, -0.2) is 59.3 Å². The van der Waals surface area contributed by atoms with Crippen molar-refractivity contribution in [3.63, 3.8) is 0 Å². The number of rotatable bonds is 15. The van der Waals surface area contributed by atoms with Gasteiger partial charge in [0.25, 0.3) is 0 Å². The van der Waals surface area contributed by atoms with Crippen LogP contribution in [0.15, 0.2) is 115 Å². The van der Waals surface area contributed by atoms with Crippen LogP contribution in [0.25, 0.3) is 0 Å². The molecule has 278 valence electrons. The summed E-state index contributed by atoms with van der Waals surface area (Å²) in [7, 11) is -15.5. The molecule has 0 unspecified atom stereocenters. The lowest BCUT2D eigenvalue weighted by Crippen LogP contribution is -2.13. The van der Waals surface area contributed by atoms with E-state index in [-0.39, 0.29) is 44.2 Å². The molecule has 0 amide bonds. The van der Waals surface area contributed by atoms with Crippen LogP contribution in [0.1, 0.15) is 25.0 Å². The summed E-state index contributed by atoms with van der Waals surface area (Å²) in [5.74, 6) is -1.09. The van der Waals surface area contributed by atoms with E-state index >= 15 is 0 Å². The van der Waals surface area contributed by atoms with Crippen molar-refractivity contribution in [1.29, 1.82) is 0 Å². The Morgan fingerprint density at radius 2 is 0.750 bits per heavy atom. The van der Waals surface area contributed by atoms with E-state index in [0.29, 0.717) is 0 Å². The van der Waals surface area contributed by atoms with Gasteiger partial charge in [0.1, 0.15) is 31.0 Å². The molecule has 0 heterocycles. The average Bonchev–Trinajstić information content (AvgIpc) is 3.09. The van der Waals surface area contributed by atoms with Crippen molar-refractivity contribution in [2.45, 2.75) is 47.3 Å². The molecule has 0 aliphatic rings. The second-order valence-corrected chi connectivity index (χ2v) is 16.9. The summed E-state index contributed by atoms with van der Waals surface area (Å²) >= 11 is 0. The van der Waals surface area contributed by atoms with Crippen molar-refractivity contribution in [2.24, 2.45) is 10.3 Å². The van der Waals surface area contributed by atoms with Crippen LogP contribution in [0.4, 0.5) is 0 Å². The zero-order chi connectivity index (χ0) is 38.5. The van der Waals surface area contributed by atoms with Gasteiger partial charge in [-0.1, -0.05) is 45.7 Å². The van der Waals surface area contributed by atoms with Gasteiger partial charge < -0.3 is 17.8 Å². The van der Waals surface area contributed by atoms with Gasteiger partial charge in [0.05, 0.1) is 14.2 Å². The third-order valence-electron chi connectivity index (χ3n) is 6.93. The lowest BCUT2D eigenvalue weighted by Gasteiger charge is -2.12. The second kappa shape index (κ2) is 15.6. The minimum atomic E-state index is -4.62. The summed E-state index contributed by atoms with van der Waals surface area (Å²) in [4.78, 5) is -1.23. The van der Waals surface area contributed by atoms with Gasteiger partial charge in [-0.2, -0.15) is 33.7 Å². The van der Waals surface area contributed by atoms with Gasteiger partial charge in [-0.15, -0.1) is 0 Å².